The van der Waals surface area contributed by atoms with Crippen molar-refractivity contribution in [3.63, 3.8) is 0 Å². The predicted octanol–water partition coefficient (Wildman–Crippen LogP) is 15.1. The molecule has 370 valence electrons. The summed E-state index contributed by atoms with van der Waals surface area (Å²) in [4.78, 5) is 0. The van der Waals surface area contributed by atoms with Crippen LogP contribution in [0.25, 0.3) is 49.7 Å². The van der Waals surface area contributed by atoms with Crippen molar-refractivity contribution < 1.29 is 18.6 Å². The first-order valence-corrected chi connectivity index (χ1v) is 26.5. The van der Waals surface area contributed by atoms with Crippen LogP contribution in [-0.2, 0) is 18.6 Å². The molecule has 0 spiro atoms. The Morgan fingerprint density at radius 2 is 0.653 bits per heavy atom. The van der Waals surface area contributed by atoms with Crippen molar-refractivity contribution in [1.29, 1.82) is 0 Å². The maximum absolute atomic E-state index is 6.54. The van der Waals surface area contributed by atoms with E-state index in [0.717, 1.165) is 27.6 Å². The van der Waals surface area contributed by atoms with Crippen LogP contribution >= 0.6 is 0 Å². The molecule has 2 aliphatic heterocycles. The second-order valence-electron chi connectivity index (χ2n) is 22.5. The number of rotatable bonds is 11. The summed E-state index contributed by atoms with van der Waals surface area (Å²) in [6.45, 7) is 16.9. The molecule has 75 heavy (non-hydrogen) atoms. The Morgan fingerprint density at radius 3 is 1.03 bits per heavy atom. The first-order valence-electron chi connectivity index (χ1n) is 26.5. The van der Waals surface area contributed by atoms with Gasteiger partial charge in [-0.05, 0) is 158 Å². The van der Waals surface area contributed by atoms with E-state index in [1.807, 2.05) is 0 Å². The first kappa shape index (κ1) is 48.7. The summed E-state index contributed by atoms with van der Waals surface area (Å²) in [5, 5.41) is 2.38. The first-order chi connectivity index (χ1) is 36.2. The monoisotopic (exact) mass is 979 g/mol. The summed E-state index contributed by atoms with van der Waals surface area (Å²) in [6, 6.07) is 82.2. The Hall–Kier alpha value is -7.25. The van der Waals surface area contributed by atoms with Crippen LogP contribution in [0.3, 0.4) is 0 Å². The zero-order chi connectivity index (χ0) is 51.7. The van der Waals surface area contributed by atoms with Crippen molar-refractivity contribution in [2.24, 2.45) is 0 Å². The standard InChI is InChI=1S/C68H63B2NO4/c1-65(2)66(3,4)73-69(72-65)52-38-32-48(33-39-52)63(57-30-20-18-28-55(57)46-22-12-9-13-23-46)50-36-42-61-59(44-50)60-45-51(37-43-62(60)71(61)54-26-16-11-17-27-54)64(58-31-21-19-29-56(58)47-24-14-10-15-25-47)49-34-40-53(41-35-49)70-74-67(5,6)68(7,8)75-70/h9-45,63-64H,1-8H3. The van der Waals surface area contributed by atoms with Crippen molar-refractivity contribution in [2.45, 2.75) is 89.6 Å². The summed E-state index contributed by atoms with van der Waals surface area (Å²) in [6.07, 6.45) is 0. The summed E-state index contributed by atoms with van der Waals surface area (Å²) in [7, 11) is -0.907. The van der Waals surface area contributed by atoms with Gasteiger partial charge >= 0.3 is 14.2 Å². The van der Waals surface area contributed by atoms with E-state index < -0.39 is 36.6 Å². The van der Waals surface area contributed by atoms with Gasteiger partial charge in [-0.1, -0.05) is 188 Å². The molecule has 3 heterocycles. The van der Waals surface area contributed by atoms with Crippen molar-refractivity contribution in [2.75, 3.05) is 0 Å². The van der Waals surface area contributed by atoms with E-state index in [0.29, 0.717) is 0 Å². The molecule has 0 aliphatic carbocycles. The largest absolute Gasteiger partial charge is 0.494 e. The predicted molar refractivity (Wildman–Crippen MR) is 311 cm³/mol. The molecule has 2 saturated heterocycles. The average molecular weight is 980 g/mol. The SMILES string of the molecule is CC1(C)OB(c2ccc(C(c3ccc4c(c3)c3cc(C(c5ccc(B6OC(C)(C)C(C)(C)O6)cc5)c5ccccc5-c5ccccc5)ccc3n4-c3ccccc3)c3ccccc3-c3ccccc3)cc2)OC1(C)C. The second kappa shape index (κ2) is 18.8. The molecule has 5 nitrogen and oxygen atoms in total. The molecule has 7 heteroatoms. The lowest BCUT2D eigenvalue weighted by Crippen LogP contribution is -2.41. The topological polar surface area (TPSA) is 41.9 Å². The van der Waals surface area contributed by atoms with E-state index in [4.69, 9.17) is 18.6 Å². The van der Waals surface area contributed by atoms with Gasteiger partial charge in [0.1, 0.15) is 0 Å². The Labute approximate surface area is 443 Å². The molecule has 2 atom stereocenters. The minimum atomic E-state index is -0.453. The highest BCUT2D eigenvalue weighted by Crippen LogP contribution is 2.45. The third-order valence-electron chi connectivity index (χ3n) is 16.8. The maximum Gasteiger partial charge on any atom is 0.494 e. The van der Waals surface area contributed by atoms with Gasteiger partial charge in [-0.3, -0.25) is 0 Å². The minimum absolute atomic E-state index is 0.107. The van der Waals surface area contributed by atoms with Crippen LogP contribution in [-0.4, -0.2) is 41.2 Å². The van der Waals surface area contributed by atoms with E-state index in [-0.39, 0.29) is 11.8 Å². The van der Waals surface area contributed by atoms with Crippen LogP contribution in [0, 0.1) is 0 Å². The Kier molecular flexibility index (Phi) is 12.2. The highest BCUT2D eigenvalue weighted by atomic mass is 16.7. The number of hydrogen-bond donors (Lipinski definition) is 0. The smallest absolute Gasteiger partial charge is 0.399 e. The van der Waals surface area contributed by atoms with Gasteiger partial charge < -0.3 is 23.2 Å². The molecule has 0 bridgehead atoms. The van der Waals surface area contributed by atoms with E-state index in [1.54, 1.807) is 0 Å². The van der Waals surface area contributed by atoms with Gasteiger partial charge in [0.15, 0.2) is 0 Å². The Bertz CT molecular complexity index is 3430. The van der Waals surface area contributed by atoms with Gasteiger partial charge in [-0.25, -0.2) is 0 Å². The van der Waals surface area contributed by atoms with E-state index in [1.165, 1.54) is 66.4 Å². The highest BCUT2D eigenvalue weighted by Gasteiger charge is 2.53. The summed E-state index contributed by atoms with van der Waals surface area (Å²) >= 11 is 0. The summed E-state index contributed by atoms with van der Waals surface area (Å²) in [5.41, 5.74) is 15.7. The van der Waals surface area contributed by atoms with Gasteiger partial charge in [0.25, 0.3) is 0 Å². The maximum atomic E-state index is 6.54. The highest BCUT2D eigenvalue weighted by molar-refractivity contribution is 6.62. The molecule has 9 aromatic carbocycles. The number of para-hydroxylation sites is 1. The molecule has 12 rings (SSSR count). The summed E-state index contributed by atoms with van der Waals surface area (Å²) in [5.74, 6) is -0.214. The molecular weight excluding hydrogens is 916 g/mol. The van der Waals surface area contributed by atoms with Crippen LogP contribution < -0.4 is 10.9 Å². The fourth-order valence-corrected chi connectivity index (χ4v) is 11.3. The molecule has 0 N–H and O–H groups in total. The Balaban J connectivity index is 1.05. The van der Waals surface area contributed by atoms with Gasteiger partial charge in [-0.2, -0.15) is 0 Å². The molecule has 10 aromatic rings. The number of benzene rings is 9. The van der Waals surface area contributed by atoms with Crippen molar-refractivity contribution in [3.8, 4) is 27.9 Å². The van der Waals surface area contributed by atoms with Gasteiger partial charge in [0.2, 0.25) is 0 Å². The third-order valence-corrected chi connectivity index (χ3v) is 16.8. The zero-order valence-corrected chi connectivity index (χ0v) is 44.3. The number of hydrogen-bond acceptors (Lipinski definition) is 4. The van der Waals surface area contributed by atoms with E-state index in [9.17, 15) is 0 Å². The van der Waals surface area contributed by atoms with Crippen molar-refractivity contribution >= 4 is 47.0 Å². The zero-order valence-electron chi connectivity index (χ0n) is 44.3. The minimum Gasteiger partial charge on any atom is -0.399 e. The number of aromatic nitrogens is 1. The average Bonchev–Trinajstić information content (AvgIpc) is 3.96. The fourth-order valence-electron chi connectivity index (χ4n) is 11.3. The second-order valence-corrected chi connectivity index (χ2v) is 22.5. The molecule has 2 aliphatic rings. The molecule has 0 radical (unpaired) electrons. The molecule has 2 unspecified atom stereocenters. The molecule has 0 saturated carbocycles. The summed E-state index contributed by atoms with van der Waals surface area (Å²) < 4.78 is 28.6. The van der Waals surface area contributed by atoms with Crippen LogP contribution in [0.5, 0.6) is 0 Å². The molecule has 0 amide bonds. The van der Waals surface area contributed by atoms with Crippen LogP contribution in [0.4, 0.5) is 0 Å². The van der Waals surface area contributed by atoms with Crippen LogP contribution in [0.1, 0.15) is 101 Å². The van der Waals surface area contributed by atoms with E-state index >= 15 is 0 Å². The number of fused-ring (bicyclic) bond motifs is 3. The van der Waals surface area contributed by atoms with Crippen molar-refractivity contribution in [1.82, 2.24) is 4.57 Å². The Morgan fingerprint density at radius 1 is 0.333 bits per heavy atom. The fraction of sp³-hybridized carbons (Fsp3) is 0.206. The quantitative estimate of drug-likeness (QED) is 0.0957. The van der Waals surface area contributed by atoms with Crippen LogP contribution in [0.2, 0.25) is 0 Å². The van der Waals surface area contributed by atoms with Gasteiger partial charge in [-0.15, -0.1) is 0 Å². The third kappa shape index (κ3) is 8.76. The van der Waals surface area contributed by atoms with Gasteiger partial charge in [0, 0.05) is 28.3 Å². The lowest BCUT2D eigenvalue weighted by atomic mass is 9.76. The molecule has 2 fully saturated rings. The lowest BCUT2D eigenvalue weighted by Gasteiger charge is -2.32. The van der Waals surface area contributed by atoms with Crippen LogP contribution in [0.15, 0.2) is 224 Å². The van der Waals surface area contributed by atoms with Gasteiger partial charge in [0.05, 0.1) is 33.4 Å². The van der Waals surface area contributed by atoms with Crippen molar-refractivity contribution in [3.05, 3.63) is 258 Å². The van der Waals surface area contributed by atoms with E-state index in [2.05, 4.69) is 284 Å². The lowest BCUT2D eigenvalue weighted by molar-refractivity contribution is 0.00578. The molecular formula is C68H63B2NO4. The normalized spacial score (nSPS) is 17.4. The molecule has 1 aromatic heterocycles. The number of nitrogens with zero attached hydrogens (tertiary/aromatic N) is 1.